The number of aromatic nitrogens is 1. The predicted octanol–water partition coefficient (Wildman–Crippen LogP) is 3.10. The van der Waals surface area contributed by atoms with Gasteiger partial charge in [0.25, 0.3) is 10.0 Å². The van der Waals surface area contributed by atoms with Gasteiger partial charge in [0.05, 0.1) is 0 Å². The largest absolute Gasteiger partial charge is 0.280 e. The molecule has 4 nitrogen and oxygen atoms in total. The number of sulfonamides is 1. The highest BCUT2D eigenvalue weighted by Gasteiger charge is 2.14. The lowest BCUT2D eigenvalue weighted by Crippen LogP contribution is -2.13. The van der Waals surface area contributed by atoms with E-state index >= 15 is 0 Å². The van der Waals surface area contributed by atoms with Crippen molar-refractivity contribution in [3.8, 4) is 0 Å². The van der Waals surface area contributed by atoms with E-state index in [2.05, 4.69) is 9.71 Å². The fourth-order valence-corrected chi connectivity index (χ4v) is 2.70. The van der Waals surface area contributed by atoms with Crippen molar-refractivity contribution in [2.75, 3.05) is 4.72 Å². The summed E-state index contributed by atoms with van der Waals surface area (Å²) < 4.78 is 26.8. The molecular formula is C13H13ClN2O2S. The molecule has 1 aromatic heterocycles. The van der Waals surface area contributed by atoms with Gasteiger partial charge in [0.1, 0.15) is 10.0 Å². The van der Waals surface area contributed by atoms with E-state index in [4.69, 9.17) is 11.6 Å². The topological polar surface area (TPSA) is 59.1 Å². The Hall–Kier alpha value is -1.59. The molecule has 6 heteroatoms. The molecular weight excluding hydrogens is 284 g/mol. The predicted molar refractivity (Wildman–Crippen MR) is 75.9 cm³/mol. The van der Waals surface area contributed by atoms with Gasteiger partial charge in [-0.15, -0.1) is 0 Å². The molecule has 2 aromatic rings. The molecule has 0 radical (unpaired) electrons. The number of anilines is 1. The molecule has 0 saturated heterocycles. The van der Waals surface area contributed by atoms with Crippen LogP contribution in [0.15, 0.2) is 47.5 Å². The van der Waals surface area contributed by atoms with Gasteiger partial charge in [0, 0.05) is 11.9 Å². The number of hydrogen-bond donors (Lipinski definition) is 1. The standard InChI is InChI=1S/C13H13ClN2O2S/c1-2-10-4-3-5-11(8-10)16-19(17,18)12-6-7-13(14)15-9-12/h3-9,16H,2H2,1H3. The van der Waals surface area contributed by atoms with Crippen molar-refractivity contribution in [2.45, 2.75) is 18.2 Å². The number of nitrogens with zero attached hydrogens (tertiary/aromatic N) is 1. The third-order valence-corrected chi connectivity index (χ3v) is 4.19. The Balaban J connectivity index is 2.28. The lowest BCUT2D eigenvalue weighted by Gasteiger charge is -2.08. The minimum absolute atomic E-state index is 0.0822. The maximum atomic E-state index is 12.1. The summed E-state index contributed by atoms with van der Waals surface area (Å²) >= 11 is 5.64. The van der Waals surface area contributed by atoms with Crippen LogP contribution in [0, 0.1) is 0 Å². The zero-order valence-electron chi connectivity index (χ0n) is 10.3. The Morgan fingerprint density at radius 2 is 2.05 bits per heavy atom. The van der Waals surface area contributed by atoms with Gasteiger partial charge in [-0.2, -0.15) is 0 Å². The number of halogens is 1. The number of aryl methyl sites for hydroxylation is 1. The first kappa shape index (κ1) is 13.8. The van der Waals surface area contributed by atoms with Gasteiger partial charge in [-0.25, -0.2) is 13.4 Å². The van der Waals surface area contributed by atoms with E-state index in [9.17, 15) is 8.42 Å². The second-order valence-electron chi connectivity index (χ2n) is 3.98. The lowest BCUT2D eigenvalue weighted by molar-refractivity contribution is 0.601. The van der Waals surface area contributed by atoms with E-state index in [-0.39, 0.29) is 10.0 Å². The molecule has 19 heavy (non-hydrogen) atoms. The summed E-state index contributed by atoms with van der Waals surface area (Å²) in [6, 6.07) is 10.1. The van der Waals surface area contributed by atoms with E-state index < -0.39 is 10.0 Å². The van der Waals surface area contributed by atoms with Crippen molar-refractivity contribution < 1.29 is 8.42 Å². The highest BCUT2D eigenvalue weighted by Crippen LogP contribution is 2.17. The summed E-state index contributed by atoms with van der Waals surface area (Å²) in [5.74, 6) is 0. The van der Waals surface area contributed by atoms with Gasteiger partial charge in [-0.3, -0.25) is 4.72 Å². The maximum absolute atomic E-state index is 12.1. The van der Waals surface area contributed by atoms with Crippen LogP contribution >= 0.6 is 11.6 Å². The Bertz CT molecular complexity index is 669. The van der Waals surface area contributed by atoms with E-state index in [1.165, 1.54) is 18.3 Å². The van der Waals surface area contributed by atoms with E-state index in [0.29, 0.717) is 5.69 Å². The molecule has 1 heterocycles. The van der Waals surface area contributed by atoms with Crippen LogP contribution in [0.4, 0.5) is 5.69 Å². The number of rotatable bonds is 4. The number of pyridine rings is 1. The van der Waals surface area contributed by atoms with Crippen LogP contribution in [-0.2, 0) is 16.4 Å². The van der Waals surface area contributed by atoms with Crippen molar-refractivity contribution in [3.63, 3.8) is 0 Å². The fourth-order valence-electron chi connectivity index (χ4n) is 1.59. The minimum atomic E-state index is -3.63. The molecule has 0 saturated carbocycles. The van der Waals surface area contributed by atoms with Gasteiger partial charge in [0.15, 0.2) is 0 Å². The fraction of sp³-hybridized carbons (Fsp3) is 0.154. The zero-order chi connectivity index (χ0) is 13.9. The van der Waals surface area contributed by atoms with Crippen LogP contribution in [0.25, 0.3) is 0 Å². The molecule has 0 fully saturated rings. The molecule has 1 N–H and O–H groups in total. The molecule has 0 bridgehead atoms. The molecule has 2 rings (SSSR count). The normalized spacial score (nSPS) is 11.3. The quantitative estimate of drug-likeness (QED) is 0.882. The molecule has 0 amide bonds. The smallest absolute Gasteiger partial charge is 0.263 e. The number of nitrogens with one attached hydrogen (secondary N) is 1. The average molecular weight is 297 g/mol. The first-order valence-electron chi connectivity index (χ1n) is 5.74. The molecule has 0 aliphatic carbocycles. The van der Waals surface area contributed by atoms with Gasteiger partial charge in [-0.1, -0.05) is 30.7 Å². The average Bonchev–Trinajstić information content (AvgIpc) is 2.39. The Kier molecular flexibility index (Phi) is 4.07. The second kappa shape index (κ2) is 5.59. The highest BCUT2D eigenvalue weighted by atomic mass is 35.5. The summed E-state index contributed by atoms with van der Waals surface area (Å²) in [5.41, 5.74) is 1.60. The van der Waals surface area contributed by atoms with Gasteiger partial charge < -0.3 is 0 Å². The Morgan fingerprint density at radius 3 is 2.68 bits per heavy atom. The molecule has 0 aliphatic heterocycles. The molecule has 0 unspecified atom stereocenters. The van der Waals surface area contributed by atoms with Crippen LogP contribution in [0.3, 0.4) is 0 Å². The summed E-state index contributed by atoms with van der Waals surface area (Å²) in [7, 11) is -3.63. The third kappa shape index (κ3) is 3.45. The van der Waals surface area contributed by atoms with Crippen LogP contribution in [0.1, 0.15) is 12.5 Å². The van der Waals surface area contributed by atoms with Crippen molar-refractivity contribution in [2.24, 2.45) is 0 Å². The summed E-state index contributed by atoms with van der Waals surface area (Å²) in [6.45, 7) is 2.01. The first-order valence-corrected chi connectivity index (χ1v) is 7.60. The molecule has 0 aliphatic rings. The van der Waals surface area contributed by atoms with Crippen LogP contribution in [-0.4, -0.2) is 13.4 Å². The van der Waals surface area contributed by atoms with Crippen molar-refractivity contribution in [3.05, 3.63) is 53.3 Å². The van der Waals surface area contributed by atoms with Crippen molar-refractivity contribution >= 4 is 27.3 Å². The monoisotopic (exact) mass is 296 g/mol. The number of hydrogen-bond acceptors (Lipinski definition) is 3. The summed E-state index contributed by atoms with van der Waals surface area (Å²) in [6.07, 6.45) is 2.08. The van der Waals surface area contributed by atoms with E-state index in [1.54, 1.807) is 12.1 Å². The highest BCUT2D eigenvalue weighted by molar-refractivity contribution is 7.92. The van der Waals surface area contributed by atoms with Crippen LogP contribution < -0.4 is 4.72 Å². The van der Waals surface area contributed by atoms with Crippen LogP contribution in [0.5, 0.6) is 0 Å². The molecule has 100 valence electrons. The van der Waals surface area contributed by atoms with Crippen molar-refractivity contribution in [1.82, 2.24) is 4.98 Å². The Morgan fingerprint density at radius 1 is 1.26 bits per heavy atom. The lowest BCUT2D eigenvalue weighted by atomic mass is 10.1. The number of benzene rings is 1. The first-order chi connectivity index (χ1) is 9.01. The van der Waals surface area contributed by atoms with Crippen LogP contribution in [0.2, 0.25) is 5.15 Å². The third-order valence-electron chi connectivity index (χ3n) is 2.60. The molecule has 0 atom stereocenters. The van der Waals surface area contributed by atoms with Gasteiger partial charge in [-0.05, 0) is 36.2 Å². The summed E-state index contributed by atoms with van der Waals surface area (Å²) in [5, 5.41) is 0.256. The minimum Gasteiger partial charge on any atom is -0.280 e. The van der Waals surface area contributed by atoms with Gasteiger partial charge in [0.2, 0.25) is 0 Å². The van der Waals surface area contributed by atoms with Crippen molar-refractivity contribution in [1.29, 1.82) is 0 Å². The van der Waals surface area contributed by atoms with E-state index in [0.717, 1.165) is 12.0 Å². The van der Waals surface area contributed by atoms with E-state index in [1.807, 2.05) is 19.1 Å². The SMILES string of the molecule is CCc1cccc(NS(=O)(=O)c2ccc(Cl)nc2)c1. The van der Waals surface area contributed by atoms with Gasteiger partial charge >= 0.3 is 0 Å². The Labute approximate surface area is 117 Å². The molecule has 1 aromatic carbocycles. The zero-order valence-corrected chi connectivity index (χ0v) is 11.9. The summed E-state index contributed by atoms with van der Waals surface area (Å²) in [4.78, 5) is 3.85. The molecule has 0 spiro atoms. The maximum Gasteiger partial charge on any atom is 0.263 e. The second-order valence-corrected chi connectivity index (χ2v) is 6.05.